The predicted octanol–water partition coefficient (Wildman–Crippen LogP) is 1.20. The van der Waals surface area contributed by atoms with Gasteiger partial charge in [-0.05, 0) is 20.8 Å². The Balaban J connectivity index is 2.25. The third-order valence-electron chi connectivity index (χ3n) is 3.74. The topological polar surface area (TPSA) is 77.6 Å². The van der Waals surface area contributed by atoms with E-state index in [1.165, 1.54) is 6.33 Å². The second-order valence-corrected chi connectivity index (χ2v) is 4.96. The number of rotatable bonds is 2. The smallest absolute Gasteiger partial charge is 0.226 e. The highest BCUT2D eigenvalue weighted by atomic mass is 16.1. The van der Waals surface area contributed by atoms with Crippen LogP contribution in [0, 0.1) is 6.92 Å². The molecule has 1 atom stereocenters. The van der Waals surface area contributed by atoms with Crippen LogP contribution in [0.15, 0.2) is 23.8 Å². The van der Waals surface area contributed by atoms with E-state index < -0.39 is 0 Å². The van der Waals surface area contributed by atoms with E-state index in [0.29, 0.717) is 11.5 Å². The molecule has 104 valence electrons. The van der Waals surface area contributed by atoms with Crippen LogP contribution in [-0.2, 0) is 11.8 Å². The number of hydrogen-bond donors (Lipinski definition) is 1. The van der Waals surface area contributed by atoms with Crippen LogP contribution in [-0.4, -0.2) is 30.3 Å². The number of aromatic nitrogens is 5. The number of ketones is 1. The molecule has 0 saturated carbocycles. The van der Waals surface area contributed by atoms with Crippen LogP contribution < -0.4 is 5.32 Å². The van der Waals surface area contributed by atoms with E-state index in [0.717, 1.165) is 17.0 Å². The number of allylic oxidation sites excluding steroid dienone is 2. The molecule has 1 N–H and O–H groups in total. The van der Waals surface area contributed by atoms with Crippen LogP contribution >= 0.6 is 0 Å². The summed E-state index contributed by atoms with van der Waals surface area (Å²) in [5.41, 5.74) is 3.47. The zero-order valence-electron chi connectivity index (χ0n) is 11.9. The average molecular weight is 272 g/mol. The van der Waals surface area contributed by atoms with Crippen molar-refractivity contribution < 1.29 is 4.79 Å². The highest BCUT2D eigenvalue weighted by molar-refractivity contribution is 5.96. The Hall–Kier alpha value is -2.44. The lowest BCUT2D eigenvalue weighted by Crippen LogP contribution is -2.28. The van der Waals surface area contributed by atoms with Crippen molar-refractivity contribution in [3.8, 4) is 0 Å². The van der Waals surface area contributed by atoms with Gasteiger partial charge in [0, 0.05) is 29.6 Å². The van der Waals surface area contributed by atoms with E-state index in [2.05, 4.69) is 20.5 Å². The first-order valence-corrected chi connectivity index (χ1v) is 6.37. The molecule has 1 unspecified atom stereocenters. The van der Waals surface area contributed by atoms with Crippen LogP contribution in [0.1, 0.15) is 31.1 Å². The highest BCUT2D eigenvalue weighted by Crippen LogP contribution is 2.35. The summed E-state index contributed by atoms with van der Waals surface area (Å²) in [6, 6.07) is -0.278. The van der Waals surface area contributed by atoms with Gasteiger partial charge in [0.05, 0.1) is 6.20 Å². The number of aryl methyl sites for hydroxylation is 1. The number of carbonyl (C=O) groups is 1. The molecule has 0 radical (unpaired) electrons. The van der Waals surface area contributed by atoms with E-state index in [-0.39, 0.29) is 11.8 Å². The SMILES string of the molecule is CC(=O)C1=C(C)Nc2ncnn2C1c1cnn(C)c1C. The fourth-order valence-electron chi connectivity index (χ4n) is 2.62. The standard InChI is InChI=1S/C13H16N6O/c1-7-11(9(3)20)12(10-5-15-18(4)8(10)2)19-13(17-7)14-6-16-19/h5-6,12H,1-4H3,(H,14,16,17). The number of fused-ring (bicyclic) bond motifs is 1. The fourth-order valence-corrected chi connectivity index (χ4v) is 2.62. The number of Topliss-reactive ketones (excluding diaryl/α,β-unsaturated/α-hetero) is 1. The molecule has 2 aromatic rings. The van der Waals surface area contributed by atoms with Gasteiger partial charge in [-0.15, -0.1) is 0 Å². The van der Waals surface area contributed by atoms with Gasteiger partial charge in [-0.25, -0.2) is 4.68 Å². The van der Waals surface area contributed by atoms with Crippen LogP contribution in [0.3, 0.4) is 0 Å². The maximum atomic E-state index is 12.1. The summed E-state index contributed by atoms with van der Waals surface area (Å²) < 4.78 is 3.52. The fraction of sp³-hybridized carbons (Fsp3) is 0.385. The number of nitrogens with zero attached hydrogens (tertiary/aromatic N) is 5. The maximum Gasteiger partial charge on any atom is 0.226 e. The van der Waals surface area contributed by atoms with Crippen LogP contribution in [0.5, 0.6) is 0 Å². The normalized spacial score (nSPS) is 17.9. The van der Waals surface area contributed by atoms with Crippen molar-refractivity contribution in [2.24, 2.45) is 7.05 Å². The molecule has 0 bridgehead atoms. The first-order chi connectivity index (χ1) is 9.50. The molecule has 20 heavy (non-hydrogen) atoms. The minimum absolute atomic E-state index is 0.0180. The highest BCUT2D eigenvalue weighted by Gasteiger charge is 2.33. The molecule has 1 aliphatic heterocycles. The molecule has 0 aliphatic carbocycles. The molecule has 3 heterocycles. The number of anilines is 1. The Bertz CT molecular complexity index is 723. The van der Waals surface area contributed by atoms with Crippen LogP contribution in [0.4, 0.5) is 5.95 Å². The van der Waals surface area contributed by atoms with Gasteiger partial charge in [-0.3, -0.25) is 9.48 Å². The molecule has 0 aromatic carbocycles. The molecule has 0 saturated heterocycles. The zero-order chi connectivity index (χ0) is 14.4. The minimum Gasteiger partial charge on any atom is -0.328 e. The second kappa shape index (κ2) is 4.29. The van der Waals surface area contributed by atoms with Crippen molar-refractivity contribution in [3.63, 3.8) is 0 Å². The van der Waals surface area contributed by atoms with E-state index >= 15 is 0 Å². The third-order valence-corrected chi connectivity index (χ3v) is 3.74. The maximum absolute atomic E-state index is 12.1. The summed E-state index contributed by atoms with van der Waals surface area (Å²) in [5, 5.41) is 11.6. The van der Waals surface area contributed by atoms with Crippen LogP contribution in [0.25, 0.3) is 0 Å². The number of hydrogen-bond acceptors (Lipinski definition) is 5. The molecule has 7 heteroatoms. The van der Waals surface area contributed by atoms with Gasteiger partial charge in [0.15, 0.2) is 5.78 Å². The van der Waals surface area contributed by atoms with Gasteiger partial charge in [-0.1, -0.05) is 0 Å². The summed E-state index contributed by atoms with van der Waals surface area (Å²) >= 11 is 0. The molecule has 3 rings (SSSR count). The van der Waals surface area contributed by atoms with Crippen molar-refractivity contribution in [1.29, 1.82) is 0 Å². The molecule has 2 aromatic heterocycles. The minimum atomic E-state index is -0.278. The van der Waals surface area contributed by atoms with E-state index in [9.17, 15) is 4.79 Å². The van der Waals surface area contributed by atoms with Crippen molar-refractivity contribution in [3.05, 3.63) is 35.1 Å². The average Bonchev–Trinajstić information content (AvgIpc) is 2.96. The Morgan fingerprint density at radius 2 is 2.10 bits per heavy atom. The Morgan fingerprint density at radius 1 is 1.35 bits per heavy atom. The summed E-state index contributed by atoms with van der Waals surface area (Å²) in [6.45, 7) is 5.43. The van der Waals surface area contributed by atoms with Crippen LogP contribution in [0.2, 0.25) is 0 Å². The Morgan fingerprint density at radius 3 is 2.70 bits per heavy atom. The lowest BCUT2D eigenvalue weighted by molar-refractivity contribution is -0.114. The summed E-state index contributed by atoms with van der Waals surface area (Å²) in [7, 11) is 1.88. The summed E-state index contributed by atoms with van der Waals surface area (Å²) in [6.07, 6.45) is 3.27. The molecular formula is C13H16N6O. The van der Waals surface area contributed by atoms with E-state index in [1.807, 2.05) is 20.9 Å². The van der Waals surface area contributed by atoms with E-state index in [4.69, 9.17) is 0 Å². The quantitative estimate of drug-likeness (QED) is 0.888. The molecule has 0 amide bonds. The van der Waals surface area contributed by atoms with Gasteiger partial charge < -0.3 is 5.32 Å². The summed E-state index contributed by atoms with van der Waals surface area (Å²) in [4.78, 5) is 16.2. The van der Waals surface area contributed by atoms with Crippen molar-refractivity contribution in [2.75, 3.05) is 5.32 Å². The van der Waals surface area contributed by atoms with Gasteiger partial charge in [0.1, 0.15) is 12.4 Å². The lowest BCUT2D eigenvalue weighted by atomic mass is 9.94. The molecule has 0 spiro atoms. The Labute approximate surface area is 116 Å². The summed E-state index contributed by atoms with van der Waals surface area (Å²) in [5.74, 6) is 0.658. The molecule has 0 fully saturated rings. The molecule has 7 nitrogen and oxygen atoms in total. The number of carbonyl (C=O) groups excluding carboxylic acids is 1. The molecule has 1 aliphatic rings. The second-order valence-electron chi connectivity index (χ2n) is 4.96. The van der Waals surface area contributed by atoms with Crippen molar-refractivity contribution >= 4 is 11.7 Å². The number of nitrogens with one attached hydrogen (secondary N) is 1. The van der Waals surface area contributed by atoms with Gasteiger partial charge in [0.25, 0.3) is 0 Å². The largest absolute Gasteiger partial charge is 0.328 e. The van der Waals surface area contributed by atoms with Gasteiger partial charge in [-0.2, -0.15) is 15.2 Å². The van der Waals surface area contributed by atoms with E-state index in [1.54, 1.807) is 22.5 Å². The van der Waals surface area contributed by atoms with Gasteiger partial charge >= 0.3 is 0 Å². The predicted molar refractivity (Wildman–Crippen MR) is 73.1 cm³/mol. The van der Waals surface area contributed by atoms with Crippen molar-refractivity contribution in [1.82, 2.24) is 24.5 Å². The monoisotopic (exact) mass is 272 g/mol. The van der Waals surface area contributed by atoms with Gasteiger partial charge in [0.2, 0.25) is 5.95 Å². The first kappa shape index (κ1) is 12.6. The van der Waals surface area contributed by atoms with Crippen molar-refractivity contribution in [2.45, 2.75) is 26.8 Å². The lowest BCUT2D eigenvalue weighted by Gasteiger charge is -2.27. The first-order valence-electron chi connectivity index (χ1n) is 6.37. The third kappa shape index (κ3) is 1.66. The Kier molecular flexibility index (Phi) is 2.70. The zero-order valence-corrected chi connectivity index (χ0v) is 11.9. The molecular weight excluding hydrogens is 256 g/mol.